The van der Waals surface area contributed by atoms with E-state index in [9.17, 15) is 4.79 Å². The van der Waals surface area contributed by atoms with Crippen molar-refractivity contribution in [2.75, 3.05) is 7.11 Å². The Labute approximate surface area is 79.9 Å². The van der Waals surface area contributed by atoms with Gasteiger partial charge in [0.1, 0.15) is 11.4 Å². The molecule has 0 aliphatic rings. The van der Waals surface area contributed by atoms with E-state index in [1.165, 1.54) is 19.5 Å². The maximum Gasteiger partial charge on any atom is 0.268 e. The topological polar surface area (TPSA) is 78.1 Å². The largest absolute Gasteiger partial charge is 0.364 e. The van der Waals surface area contributed by atoms with Gasteiger partial charge in [-0.2, -0.15) is 0 Å². The van der Waals surface area contributed by atoms with Gasteiger partial charge in [0.25, 0.3) is 5.91 Å². The standard InChI is InChI=1S/C7H8ClN3O2/c1-13-6(8)4-2-10-3-5(11-4)7(9)12/h2-3,6H,1H3,(H2,9,12). The SMILES string of the molecule is COC(Cl)c1cncc(C(N)=O)n1. The Balaban J connectivity index is 2.98. The maximum absolute atomic E-state index is 10.7. The van der Waals surface area contributed by atoms with Gasteiger partial charge in [0.2, 0.25) is 0 Å². The van der Waals surface area contributed by atoms with Crippen LogP contribution < -0.4 is 5.73 Å². The molecular weight excluding hydrogens is 194 g/mol. The predicted molar refractivity (Wildman–Crippen MR) is 46.2 cm³/mol. The van der Waals surface area contributed by atoms with Gasteiger partial charge in [0, 0.05) is 7.11 Å². The van der Waals surface area contributed by atoms with Crippen molar-refractivity contribution in [2.45, 2.75) is 5.56 Å². The molecule has 0 spiro atoms. The lowest BCUT2D eigenvalue weighted by molar-refractivity contribution is 0.0994. The molecule has 0 aliphatic carbocycles. The average Bonchev–Trinajstić information content (AvgIpc) is 2.17. The molecule has 13 heavy (non-hydrogen) atoms. The highest BCUT2D eigenvalue weighted by Gasteiger charge is 2.10. The van der Waals surface area contributed by atoms with Gasteiger partial charge in [-0.05, 0) is 0 Å². The Morgan fingerprint density at radius 1 is 1.69 bits per heavy atom. The second-order valence-electron chi connectivity index (χ2n) is 2.25. The van der Waals surface area contributed by atoms with Crippen LogP contribution in [0.2, 0.25) is 0 Å². The van der Waals surface area contributed by atoms with Gasteiger partial charge in [-0.1, -0.05) is 11.6 Å². The van der Waals surface area contributed by atoms with Crippen molar-refractivity contribution in [3.05, 3.63) is 23.8 Å². The van der Waals surface area contributed by atoms with Crippen molar-refractivity contribution in [3.8, 4) is 0 Å². The van der Waals surface area contributed by atoms with E-state index in [0.717, 1.165) is 0 Å². The molecule has 5 nitrogen and oxygen atoms in total. The molecule has 0 bridgehead atoms. The Bertz CT molecular complexity index is 318. The highest BCUT2D eigenvalue weighted by atomic mass is 35.5. The fourth-order valence-electron chi connectivity index (χ4n) is 0.730. The molecule has 0 fully saturated rings. The van der Waals surface area contributed by atoms with Crippen LogP contribution in [-0.2, 0) is 4.74 Å². The van der Waals surface area contributed by atoms with Gasteiger partial charge >= 0.3 is 0 Å². The van der Waals surface area contributed by atoms with E-state index in [-0.39, 0.29) is 5.69 Å². The van der Waals surface area contributed by atoms with Crippen molar-refractivity contribution in [2.24, 2.45) is 5.73 Å². The Kier molecular flexibility index (Phi) is 3.16. The summed E-state index contributed by atoms with van der Waals surface area (Å²) >= 11 is 5.69. The molecule has 1 aromatic rings. The zero-order valence-electron chi connectivity index (χ0n) is 6.90. The molecule has 0 radical (unpaired) electrons. The molecule has 1 amide bonds. The number of carbonyl (C=O) groups excluding carboxylic acids is 1. The van der Waals surface area contributed by atoms with Crippen LogP contribution in [0, 0.1) is 0 Å². The zero-order valence-corrected chi connectivity index (χ0v) is 7.65. The summed E-state index contributed by atoms with van der Waals surface area (Å²) in [5, 5.41) is 0. The molecule has 0 aromatic carbocycles. The van der Waals surface area contributed by atoms with Crippen molar-refractivity contribution in [1.82, 2.24) is 9.97 Å². The highest BCUT2D eigenvalue weighted by Crippen LogP contribution is 2.17. The third-order valence-electron chi connectivity index (χ3n) is 1.35. The number of nitrogens with zero attached hydrogens (tertiary/aromatic N) is 2. The number of ether oxygens (including phenoxy) is 1. The summed E-state index contributed by atoms with van der Waals surface area (Å²) in [6.45, 7) is 0. The second kappa shape index (κ2) is 4.15. The van der Waals surface area contributed by atoms with Gasteiger partial charge in [-0.3, -0.25) is 9.78 Å². The first-order valence-corrected chi connectivity index (χ1v) is 3.87. The monoisotopic (exact) mass is 201 g/mol. The number of methoxy groups -OCH3 is 1. The number of primary amides is 1. The van der Waals surface area contributed by atoms with Crippen molar-refractivity contribution in [1.29, 1.82) is 0 Å². The molecule has 1 heterocycles. The number of carbonyl (C=O) groups is 1. The molecule has 1 unspecified atom stereocenters. The van der Waals surface area contributed by atoms with E-state index < -0.39 is 11.5 Å². The van der Waals surface area contributed by atoms with E-state index in [4.69, 9.17) is 22.1 Å². The number of nitrogens with two attached hydrogens (primary N) is 1. The number of hydrogen-bond acceptors (Lipinski definition) is 4. The van der Waals surface area contributed by atoms with E-state index in [1.807, 2.05) is 0 Å². The predicted octanol–water partition coefficient (Wildman–Crippen LogP) is 0.459. The third kappa shape index (κ3) is 2.37. The third-order valence-corrected chi connectivity index (χ3v) is 1.75. The lowest BCUT2D eigenvalue weighted by Gasteiger charge is -2.05. The highest BCUT2D eigenvalue weighted by molar-refractivity contribution is 6.19. The summed E-state index contributed by atoms with van der Waals surface area (Å²) in [4.78, 5) is 18.3. The Hall–Kier alpha value is -1.20. The van der Waals surface area contributed by atoms with Crippen LogP contribution >= 0.6 is 11.6 Å². The van der Waals surface area contributed by atoms with E-state index >= 15 is 0 Å². The van der Waals surface area contributed by atoms with Gasteiger partial charge in [0.15, 0.2) is 5.56 Å². The molecule has 1 atom stereocenters. The van der Waals surface area contributed by atoms with Crippen LogP contribution in [0.1, 0.15) is 21.7 Å². The van der Waals surface area contributed by atoms with Crippen LogP contribution in [0.5, 0.6) is 0 Å². The minimum absolute atomic E-state index is 0.0696. The van der Waals surface area contributed by atoms with Crippen LogP contribution in [0.3, 0.4) is 0 Å². The Morgan fingerprint density at radius 2 is 2.38 bits per heavy atom. The first-order chi connectivity index (χ1) is 6.15. The summed E-state index contributed by atoms with van der Waals surface area (Å²) < 4.78 is 4.78. The zero-order chi connectivity index (χ0) is 9.84. The smallest absolute Gasteiger partial charge is 0.268 e. The van der Waals surface area contributed by atoms with Crippen LogP contribution in [0.25, 0.3) is 0 Å². The summed E-state index contributed by atoms with van der Waals surface area (Å²) in [7, 11) is 1.43. The lowest BCUT2D eigenvalue weighted by Crippen LogP contribution is -2.15. The van der Waals surface area contributed by atoms with E-state index in [2.05, 4.69) is 9.97 Å². The number of rotatable bonds is 3. The normalized spacial score (nSPS) is 12.5. The first-order valence-electron chi connectivity index (χ1n) is 3.43. The fraction of sp³-hybridized carbons (Fsp3) is 0.286. The molecule has 0 saturated heterocycles. The number of alkyl halides is 1. The van der Waals surface area contributed by atoms with Crippen LogP contribution in [0.15, 0.2) is 12.4 Å². The van der Waals surface area contributed by atoms with Gasteiger partial charge in [-0.15, -0.1) is 0 Å². The Morgan fingerprint density at radius 3 is 2.92 bits per heavy atom. The van der Waals surface area contributed by atoms with E-state index in [0.29, 0.717) is 5.69 Å². The van der Waals surface area contributed by atoms with Gasteiger partial charge < -0.3 is 10.5 Å². The molecule has 70 valence electrons. The summed E-state index contributed by atoms with van der Waals surface area (Å²) in [6, 6.07) is 0. The molecule has 0 saturated carbocycles. The van der Waals surface area contributed by atoms with Crippen molar-refractivity contribution < 1.29 is 9.53 Å². The average molecular weight is 202 g/mol. The van der Waals surface area contributed by atoms with Gasteiger partial charge in [0.05, 0.1) is 12.4 Å². The van der Waals surface area contributed by atoms with Crippen molar-refractivity contribution in [3.63, 3.8) is 0 Å². The summed E-state index contributed by atoms with van der Waals surface area (Å²) in [5.74, 6) is -0.644. The van der Waals surface area contributed by atoms with E-state index in [1.54, 1.807) is 0 Å². The molecule has 1 rings (SSSR count). The first kappa shape index (κ1) is 9.88. The molecule has 6 heteroatoms. The quantitative estimate of drug-likeness (QED) is 0.721. The van der Waals surface area contributed by atoms with Crippen LogP contribution in [-0.4, -0.2) is 23.0 Å². The fourth-order valence-corrected chi connectivity index (χ4v) is 0.835. The number of halogens is 1. The lowest BCUT2D eigenvalue weighted by atomic mass is 10.4. The summed E-state index contributed by atoms with van der Waals surface area (Å²) in [6.07, 6.45) is 2.68. The molecule has 2 N–H and O–H groups in total. The summed E-state index contributed by atoms with van der Waals surface area (Å²) in [5.41, 5.74) is 4.71. The second-order valence-corrected chi connectivity index (χ2v) is 2.64. The van der Waals surface area contributed by atoms with Gasteiger partial charge in [-0.25, -0.2) is 4.98 Å². The van der Waals surface area contributed by atoms with Crippen LogP contribution in [0.4, 0.5) is 0 Å². The number of amides is 1. The minimum atomic E-state index is -0.716. The number of hydrogen-bond donors (Lipinski definition) is 1. The molecular formula is C7H8ClN3O2. The number of aromatic nitrogens is 2. The maximum atomic E-state index is 10.7. The van der Waals surface area contributed by atoms with Crippen molar-refractivity contribution >= 4 is 17.5 Å². The minimum Gasteiger partial charge on any atom is -0.364 e. The molecule has 1 aromatic heterocycles. The molecule has 0 aliphatic heterocycles.